The molecule has 7 aromatic carbocycles. The average Bonchev–Trinajstić information content (AvgIpc) is 3.60. The second kappa shape index (κ2) is 10.8. The van der Waals surface area contributed by atoms with Crippen LogP contribution in [0.5, 0.6) is 0 Å². The number of para-hydroxylation sites is 1. The van der Waals surface area contributed by atoms with Crippen molar-refractivity contribution in [1.29, 1.82) is 0 Å². The van der Waals surface area contributed by atoms with E-state index in [1.165, 1.54) is 64.7 Å². The second-order valence-electron chi connectivity index (χ2n) is 13.0. The summed E-state index contributed by atoms with van der Waals surface area (Å²) in [5, 5.41) is 2.65. The normalized spacial score (nSPS) is 13.1. The number of anilines is 3. The number of benzene rings is 7. The molecule has 0 unspecified atom stereocenters. The molecule has 0 radical (unpaired) electrons. The maximum absolute atomic E-state index is 2.42. The third-order valence-corrected chi connectivity index (χ3v) is 11.0. The van der Waals surface area contributed by atoms with Gasteiger partial charge in [0, 0.05) is 42.6 Å². The van der Waals surface area contributed by atoms with Crippen LogP contribution in [0.3, 0.4) is 0 Å². The molecule has 0 atom stereocenters. The molecule has 1 aromatic heterocycles. The molecule has 0 bridgehead atoms. The fourth-order valence-electron chi connectivity index (χ4n) is 7.43. The van der Waals surface area contributed by atoms with Crippen molar-refractivity contribution in [2.45, 2.75) is 19.3 Å². The molecule has 2 heteroatoms. The Kier molecular flexibility index (Phi) is 6.41. The molecule has 0 saturated heterocycles. The molecule has 9 rings (SSSR count). The van der Waals surface area contributed by atoms with E-state index in [0.29, 0.717) is 0 Å². The van der Waals surface area contributed by atoms with Crippen molar-refractivity contribution < 1.29 is 0 Å². The molecule has 0 fully saturated rings. The first-order chi connectivity index (χ1) is 23.0. The summed E-state index contributed by atoms with van der Waals surface area (Å²) < 4.78 is 2.66. The number of fused-ring (bicyclic) bond motifs is 6. The van der Waals surface area contributed by atoms with Gasteiger partial charge in [0.15, 0.2) is 0 Å². The summed E-state index contributed by atoms with van der Waals surface area (Å²) in [4.78, 5) is 2.40. The monoisotopic (exact) mass is 619 g/mol. The number of hydrogen-bond acceptors (Lipinski definition) is 2. The average molecular weight is 620 g/mol. The van der Waals surface area contributed by atoms with E-state index in [0.717, 1.165) is 17.1 Å². The standard InChI is InChI=1S/C45H33NS/c1-45(2)41-28-33(30-12-5-3-6-13-30)20-23-37(41)38-24-22-36(29-42(38)45)46(34-15-7-4-8-16-34)35-17-11-14-31(26-35)32-21-25-44-40(27-32)39-18-9-10-19-43(39)47-44/h3-29H,1-2H3. The summed E-state index contributed by atoms with van der Waals surface area (Å²) in [6.07, 6.45) is 0. The van der Waals surface area contributed by atoms with Crippen molar-refractivity contribution in [3.05, 3.63) is 175 Å². The topological polar surface area (TPSA) is 3.24 Å². The summed E-state index contributed by atoms with van der Waals surface area (Å²) in [5.41, 5.74) is 13.7. The van der Waals surface area contributed by atoms with Crippen LogP contribution < -0.4 is 4.90 Å². The molecular weight excluding hydrogens is 587 g/mol. The number of rotatable bonds is 5. The fourth-order valence-corrected chi connectivity index (χ4v) is 8.52. The molecule has 8 aromatic rings. The van der Waals surface area contributed by atoms with Gasteiger partial charge in [-0.05, 0) is 105 Å². The zero-order valence-corrected chi connectivity index (χ0v) is 27.3. The lowest BCUT2D eigenvalue weighted by Crippen LogP contribution is -2.16. The van der Waals surface area contributed by atoms with Crippen molar-refractivity contribution in [3.8, 4) is 33.4 Å². The highest BCUT2D eigenvalue weighted by atomic mass is 32.1. The van der Waals surface area contributed by atoms with Gasteiger partial charge in [0.05, 0.1) is 0 Å². The van der Waals surface area contributed by atoms with Gasteiger partial charge in [-0.1, -0.05) is 117 Å². The zero-order chi connectivity index (χ0) is 31.5. The van der Waals surface area contributed by atoms with Crippen LogP contribution in [0.4, 0.5) is 17.1 Å². The quantitative estimate of drug-likeness (QED) is 0.185. The van der Waals surface area contributed by atoms with Crippen molar-refractivity contribution in [1.82, 2.24) is 0 Å². The highest BCUT2D eigenvalue weighted by Crippen LogP contribution is 2.51. The Morgan fingerprint density at radius 2 is 0.979 bits per heavy atom. The lowest BCUT2D eigenvalue weighted by molar-refractivity contribution is 0.660. The van der Waals surface area contributed by atoms with Crippen LogP contribution in [0, 0.1) is 0 Å². The van der Waals surface area contributed by atoms with Gasteiger partial charge >= 0.3 is 0 Å². The Labute approximate surface area is 280 Å². The van der Waals surface area contributed by atoms with Crippen LogP contribution in [0.15, 0.2) is 164 Å². The van der Waals surface area contributed by atoms with Gasteiger partial charge in [-0.3, -0.25) is 0 Å². The van der Waals surface area contributed by atoms with Crippen LogP contribution in [0.1, 0.15) is 25.0 Å². The van der Waals surface area contributed by atoms with Gasteiger partial charge in [-0.15, -0.1) is 11.3 Å². The number of hydrogen-bond donors (Lipinski definition) is 0. The first-order valence-electron chi connectivity index (χ1n) is 16.3. The number of nitrogens with zero attached hydrogens (tertiary/aromatic N) is 1. The van der Waals surface area contributed by atoms with Crippen molar-refractivity contribution in [2.24, 2.45) is 0 Å². The summed E-state index contributed by atoms with van der Waals surface area (Å²) in [6.45, 7) is 4.74. The molecule has 0 aliphatic heterocycles. The largest absolute Gasteiger partial charge is 0.310 e. The van der Waals surface area contributed by atoms with Crippen molar-refractivity contribution in [3.63, 3.8) is 0 Å². The molecule has 0 saturated carbocycles. The van der Waals surface area contributed by atoms with E-state index in [9.17, 15) is 0 Å². The molecule has 0 spiro atoms. The summed E-state index contributed by atoms with van der Waals surface area (Å²) in [6, 6.07) is 60.1. The SMILES string of the molecule is CC1(C)c2cc(-c3ccccc3)ccc2-c2ccc(N(c3ccccc3)c3cccc(-c4ccc5sc6ccccc6c5c4)c3)cc21. The summed E-state index contributed by atoms with van der Waals surface area (Å²) >= 11 is 1.86. The van der Waals surface area contributed by atoms with Gasteiger partial charge in [0.2, 0.25) is 0 Å². The van der Waals surface area contributed by atoms with Crippen molar-refractivity contribution >= 4 is 48.6 Å². The summed E-state index contributed by atoms with van der Waals surface area (Å²) in [7, 11) is 0. The Morgan fingerprint density at radius 1 is 0.404 bits per heavy atom. The second-order valence-corrected chi connectivity index (χ2v) is 14.1. The molecule has 0 amide bonds. The summed E-state index contributed by atoms with van der Waals surface area (Å²) in [5.74, 6) is 0. The maximum atomic E-state index is 2.42. The Hall–Kier alpha value is -5.44. The van der Waals surface area contributed by atoms with Gasteiger partial charge in [0.1, 0.15) is 0 Å². The zero-order valence-electron chi connectivity index (χ0n) is 26.4. The minimum atomic E-state index is -0.131. The highest BCUT2D eigenvalue weighted by molar-refractivity contribution is 7.25. The van der Waals surface area contributed by atoms with E-state index < -0.39 is 0 Å². The maximum Gasteiger partial charge on any atom is 0.0467 e. The third-order valence-electron chi connectivity index (χ3n) is 9.85. The predicted molar refractivity (Wildman–Crippen MR) is 202 cm³/mol. The Morgan fingerprint density at radius 3 is 1.81 bits per heavy atom. The van der Waals surface area contributed by atoms with Crippen LogP contribution in [0.2, 0.25) is 0 Å². The minimum Gasteiger partial charge on any atom is -0.310 e. The van der Waals surface area contributed by atoms with Crippen LogP contribution in [-0.4, -0.2) is 0 Å². The van der Waals surface area contributed by atoms with E-state index in [1.807, 2.05) is 11.3 Å². The molecule has 1 aliphatic carbocycles. The van der Waals surface area contributed by atoms with Gasteiger partial charge < -0.3 is 4.90 Å². The molecule has 1 heterocycles. The molecule has 0 N–H and O–H groups in total. The lowest BCUT2D eigenvalue weighted by atomic mass is 9.81. The molecule has 1 aliphatic rings. The van der Waals surface area contributed by atoms with Gasteiger partial charge in [-0.2, -0.15) is 0 Å². The smallest absolute Gasteiger partial charge is 0.0467 e. The predicted octanol–water partition coefficient (Wildman–Crippen LogP) is 13.2. The first kappa shape index (κ1) is 27.8. The van der Waals surface area contributed by atoms with E-state index in [4.69, 9.17) is 0 Å². The third kappa shape index (κ3) is 4.60. The van der Waals surface area contributed by atoms with E-state index >= 15 is 0 Å². The molecule has 1 nitrogen and oxygen atoms in total. The lowest BCUT2D eigenvalue weighted by Gasteiger charge is -2.28. The Bertz CT molecular complexity index is 2440. The first-order valence-corrected chi connectivity index (χ1v) is 17.1. The Balaban J connectivity index is 1.15. The number of thiophene rings is 1. The van der Waals surface area contributed by atoms with E-state index in [2.05, 4.69) is 183 Å². The van der Waals surface area contributed by atoms with Gasteiger partial charge in [0.25, 0.3) is 0 Å². The van der Waals surface area contributed by atoms with Crippen LogP contribution >= 0.6 is 11.3 Å². The fraction of sp³-hybridized carbons (Fsp3) is 0.0667. The molecular formula is C45H33NS. The molecule has 47 heavy (non-hydrogen) atoms. The van der Waals surface area contributed by atoms with E-state index in [-0.39, 0.29) is 5.41 Å². The van der Waals surface area contributed by atoms with Gasteiger partial charge in [-0.25, -0.2) is 0 Å². The van der Waals surface area contributed by atoms with E-state index in [1.54, 1.807) is 0 Å². The minimum absolute atomic E-state index is 0.131. The molecule has 224 valence electrons. The van der Waals surface area contributed by atoms with Crippen LogP contribution in [0.25, 0.3) is 53.6 Å². The van der Waals surface area contributed by atoms with Crippen molar-refractivity contribution in [2.75, 3.05) is 4.90 Å². The highest BCUT2D eigenvalue weighted by Gasteiger charge is 2.36. The van der Waals surface area contributed by atoms with Crippen LogP contribution in [-0.2, 0) is 5.41 Å².